The van der Waals surface area contributed by atoms with Gasteiger partial charge in [0.2, 0.25) is 17.0 Å². The van der Waals surface area contributed by atoms with Gasteiger partial charge in [-0.15, -0.1) is 10.2 Å². The van der Waals surface area contributed by atoms with E-state index >= 15 is 0 Å². The number of para-hydroxylation sites is 1. The third-order valence-electron chi connectivity index (χ3n) is 6.39. The Morgan fingerprint density at radius 1 is 0.976 bits per heavy atom. The van der Waals surface area contributed by atoms with Gasteiger partial charge in [0.25, 0.3) is 0 Å². The molecule has 2 amide bonds. The van der Waals surface area contributed by atoms with Gasteiger partial charge in [0, 0.05) is 22.9 Å². The molecule has 2 aromatic heterocycles. The lowest BCUT2D eigenvalue weighted by molar-refractivity contribution is -0.121. The highest BCUT2D eigenvalue weighted by atomic mass is 35.5. The van der Waals surface area contributed by atoms with E-state index in [2.05, 4.69) is 20.2 Å². The van der Waals surface area contributed by atoms with Crippen LogP contribution in [0.2, 0.25) is 10.0 Å². The number of hydrogen-bond acceptors (Lipinski definition) is 9. The smallest absolute Gasteiger partial charge is 0.338 e. The summed E-state index contributed by atoms with van der Waals surface area (Å²) in [7, 11) is 0. The predicted octanol–water partition coefficient (Wildman–Crippen LogP) is 5.28. The zero-order valence-corrected chi connectivity index (χ0v) is 23.2. The van der Waals surface area contributed by atoms with Crippen LogP contribution in [0.1, 0.15) is 27.1 Å². The number of esters is 1. The number of nitrogens with one attached hydrogen (secondary N) is 1. The monoisotopic (exact) mass is 605 g/mol. The number of aromatic amines is 1. The molecule has 204 valence electrons. The number of imide groups is 1. The predicted molar refractivity (Wildman–Crippen MR) is 153 cm³/mol. The summed E-state index contributed by atoms with van der Waals surface area (Å²) < 4.78 is 5.12. The highest BCUT2D eigenvalue weighted by Crippen LogP contribution is 2.33. The van der Waals surface area contributed by atoms with Gasteiger partial charge in [-0.05, 0) is 48.5 Å². The van der Waals surface area contributed by atoms with Gasteiger partial charge >= 0.3 is 5.97 Å². The van der Waals surface area contributed by atoms with E-state index in [1.807, 2.05) is 24.3 Å². The van der Waals surface area contributed by atoms with Gasteiger partial charge in [0.15, 0.2) is 18.0 Å². The summed E-state index contributed by atoms with van der Waals surface area (Å²) in [5.74, 6) is -2.01. The van der Waals surface area contributed by atoms with Crippen LogP contribution in [0.3, 0.4) is 0 Å². The largest absolute Gasteiger partial charge is 0.454 e. The van der Waals surface area contributed by atoms with Crippen molar-refractivity contribution in [3.63, 3.8) is 0 Å². The Bertz CT molecular complexity index is 1880. The maximum atomic E-state index is 13.2. The zero-order valence-electron chi connectivity index (χ0n) is 20.8. The summed E-state index contributed by atoms with van der Waals surface area (Å²) in [6.45, 7) is -0.498. The Hall–Kier alpha value is -4.32. The zero-order chi connectivity index (χ0) is 28.7. The number of hydrogen-bond donors (Lipinski definition) is 1. The first-order valence-corrected chi connectivity index (χ1v) is 13.8. The number of ketones is 1. The van der Waals surface area contributed by atoms with Crippen LogP contribution in [-0.2, 0) is 14.3 Å². The molecule has 1 saturated heterocycles. The molecule has 0 aliphatic carbocycles. The molecule has 10 nitrogen and oxygen atoms in total. The molecular formula is C28H17Cl2N5O5S. The van der Waals surface area contributed by atoms with Crippen molar-refractivity contribution in [1.82, 2.24) is 20.2 Å². The minimum Gasteiger partial charge on any atom is -0.454 e. The van der Waals surface area contributed by atoms with E-state index in [9.17, 15) is 19.2 Å². The molecule has 0 spiro atoms. The van der Waals surface area contributed by atoms with Crippen LogP contribution in [0.5, 0.6) is 0 Å². The molecule has 3 aromatic carbocycles. The van der Waals surface area contributed by atoms with E-state index in [1.54, 1.807) is 0 Å². The number of Topliss-reactive ketones (excluding diaryl/α,β-unsaturated/α-hetero) is 1. The number of rotatable bonds is 7. The molecule has 0 saturated carbocycles. The fourth-order valence-corrected chi connectivity index (χ4v) is 5.58. The van der Waals surface area contributed by atoms with Gasteiger partial charge in [-0.2, -0.15) is 0 Å². The molecule has 1 atom stereocenters. The van der Waals surface area contributed by atoms with Crippen molar-refractivity contribution in [2.45, 2.75) is 16.8 Å². The molecule has 0 bridgehead atoms. The number of H-pyrrole nitrogens is 1. The van der Waals surface area contributed by atoms with Crippen LogP contribution in [0.25, 0.3) is 22.1 Å². The molecule has 1 N–H and O–H groups in total. The van der Waals surface area contributed by atoms with Crippen LogP contribution < -0.4 is 4.90 Å². The molecule has 1 aliphatic heterocycles. The second-order valence-corrected chi connectivity index (χ2v) is 11.0. The van der Waals surface area contributed by atoms with Gasteiger partial charge in [-0.3, -0.25) is 14.4 Å². The molecule has 1 aliphatic rings. The van der Waals surface area contributed by atoms with Crippen molar-refractivity contribution in [2.24, 2.45) is 0 Å². The Morgan fingerprint density at radius 3 is 2.51 bits per heavy atom. The van der Waals surface area contributed by atoms with Gasteiger partial charge in [-0.25, -0.2) is 14.7 Å². The van der Waals surface area contributed by atoms with Crippen molar-refractivity contribution >= 4 is 86.3 Å². The molecule has 13 heteroatoms. The van der Waals surface area contributed by atoms with Crippen LogP contribution in [0.15, 0.2) is 71.9 Å². The van der Waals surface area contributed by atoms with E-state index in [-0.39, 0.29) is 27.7 Å². The fraction of sp³-hybridized carbons (Fsp3) is 0.107. The first-order valence-electron chi connectivity index (χ1n) is 12.2. The van der Waals surface area contributed by atoms with Gasteiger partial charge in [0.05, 0.1) is 21.3 Å². The summed E-state index contributed by atoms with van der Waals surface area (Å²) in [6.07, 6.45) is -0.0434. The molecule has 0 radical (unpaired) electrons. The number of ether oxygens (including phenoxy) is 1. The van der Waals surface area contributed by atoms with E-state index < -0.39 is 35.4 Å². The average Bonchev–Trinajstić information content (AvgIpc) is 3.48. The Labute approximate surface area is 246 Å². The summed E-state index contributed by atoms with van der Waals surface area (Å²) in [4.78, 5) is 59.5. The van der Waals surface area contributed by atoms with Crippen molar-refractivity contribution in [3.8, 4) is 0 Å². The van der Waals surface area contributed by atoms with E-state index in [0.717, 1.165) is 27.6 Å². The number of nitrogens with zero attached hydrogens (tertiary/aromatic N) is 4. The maximum Gasteiger partial charge on any atom is 0.338 e. The number of anilines is 1. The lowest BCUT2D eigenvalue weighted by Crippen LogP contribution is -2.31. The quantitative estimate of drug-likeness (QED) is 0.149. The normalized spacial score (nSPS) is 15.2. The van der Waals surface area contributed by atoms with E-state index in [4.69, 9.17) is 27.9 Å². The van der Waals surface area contributed by atoms with Gasteiger partial charge in [0.1, 0.15) is 10.8 Å². The fourth-order valence-electron chi connectivity index (χ4n) is 4.36. The summed E-state index contributed by atoms with van der Waals surface area (Å²) in [5.41, 5.74) is 2.73. The third-order valence-corrected chi connectivity index (χ3v) is 8.17. The maximum absolute atomic E-state index is 13.2. The van der Waals surface area contributed by atoms with Crippen LogP contribution in [0, 0.1) is 0 Å². The van der Waals surface area contributed by atoms with Crippen molar-refractivity contribution in [1.29, 1.82) is 0 Å². The minimum atomic E-state index is -0.741. The van der Waals surface area contributed by atoms with Crippen molar-refractivity contribution in [2.75, 3.05) is 11.5 Å². The number of aromatic nitrogens is 4. The third kappa shape index (κ3) is 5.26. The van der Waals surface area contributed by atoms with E-state index in [0.29, 0.717) is 21.9 Å². The van der Waals surface area contributed by atoms with Gasteiger partial charge in [-0.1, -0.05) is 53.2 Å². The lowest BCUT2D eigenvalue weighted by atomic mass is 10.1. The first kappa shape index (κ1) is 26.9. The number of fused-ring (bicyclic) bond motifs is 3. The van der Waals surface area contributed by atoms with Crippen LogP contribution in [0.4, 0.5) is 5.69 Å². The molecule has 1 fully saturated rings. The minimum absolute atomic E-state index is 0.0434. The molecular weight excluding hydrogens is 589 g/mol. The topological polar surface area (TPSA) is 135 Å². The molecule has 5 aromatic rings. The standard InChI is InChI=1S/C28H17Cl2N5O5S/c29-18-10-7-15(11-19(18)30)21(36)13-40-27(39)14-5-8-16(9-6-14)35-23(37)12-22(26(35)38)41-28-32-25-24(33-34-28)17-3-1-2-4-20(17)31-25/h1-11,22H,12-13H2,(H,31,32,34). The average molecular weight is 606 g/mol. The Kier molecular flexibility index (Phi) is 7.16. The SMILES string of the molecule is O=C(COC(=O)c1ccc(N2C(=O)CC(Sc3nnc4c(n3)[nH]c3ccccc34)C2=O)cc1)c1ccc(Cl)c(Cl)c1. The number of carbonyl (C=O) groups excluding carboxylic acids is 4. The number of thioether (sulfide) groups is 1. The number of amides is 2. The molecule has 41 heavy (non-hydrogen) atoms. The molecule has 3 heterocycles. The van der Waals surface area contributed by atoms with Gasteiger partial charge < -0.3 is 9.72 Å². The van der Waals surface area contributed by atoms with E-state index in [1.165, 1.54) is 42.5 Å². The van der Waals surface area contributed by atoms with Crippen molar-refractivity contribution in [3.05, 3.63) is 87.9 Å². The second kappa shape index (κ2) is 10.9. The molecule has 6 rings (SSSR count). The van der Waals surface area contributed by atoms with Crippen LogP contribution >= 0.6 is 35.0 Å². The van der Waals surface area contributed by atoms with Crippen LogP contribution in [-0.4, -0.2) is 55.6 Å². The second-order valence-electron chi connectivity index (χ2n) is 9.02. The summed E-state index contributed by atoms with van der Waals surface area (Å²) >= 11 is 12.9. The lowest BCUT2D eigenvalue weighted by Gasteiger charge is -2.15. The number of halogens is 2. The highest BCUT2D eigenvalue weighted by Gasteiger charge is 2.41. The Balaban J connectivity index is 1.10. The van der Waals surface area contributed by atoms with Crippen molar-refractivity contribution < 1.29 is 23.9 Å². The number of carbonyl (C=O) groups is 4. The highest BCUT2D eigenvalue weighted by molar-refractivity contribution is 8.00. The number of benzene rings is 3. The molecule has 1 unspecified atom stereocenters. The summed E-state index contributed by atoms with van der Waals surface area (Å²) in [6, 6.07) is 17.7. The first-order chi connectivity index (χ1) is 19.8. The summed E-state index contributed by atoms with van der Waals surface area (Å²) in [5, 5.41) is 9.35. The Morgan fingerprint density at radius 2 is 1.73 bits per heavy atom.